The number of ketones is 1. The molecule has 15 heavy (non-hydrogen) atoms. The number of hydrogen-bond acceptors (Lipinski definition) is 1. The highest BCUT2D eigenvalue weighted by Gasteiger charge is 2.30. The molecule has 0 heterocycles. The molecule has 0 N–H and O–H groups in total. The summed E-state index contributed by atoms with van der Waals surface area (Å²) in [6.45, 7) is 1.49. The molecule has 82 valence electrons. The Bertz CT molecular complexity index is 385. The molecular formula is C10H8BrF3O. The van der Waals surface area contributed by atoms with Crippen LogP contribution in [0.3, 0.4) is 0 Å². The summed E-state index contributed by atoms with van der Waals surface area (Å²) in [5.41, 5.74) is -0.0692. The van der Waals surface area contributed by atoms with Crippen LogP contribution in [0.2, 0.25) is 0 Å². The Morgan fingerprint density at radius 1 is 1.40 bits per heavy atom. The smallest absolute Gasteiger partial charge is 0.293 e. The van der Waals surface area contributed by atoms with Crippen molar-refractivity contribution in [2.45, 2.75) is 13.1 Å². The lowest BCUT2D eigenvalue weighted by Gasteiger charge is -2.09. The van der Waals surface area contributed by atoms with Crippen molar-refractivity contribution in [1.82, 2.24) is 0 Å². The van der Waals surface area contributed by atoms with Gasteiger partial charge in [0, 0.05) is 5.56 Å². The van der Waals surface area contributed by atoms with Gasteiger partial charge in [0.15, 0.2) is 5.78 Å². The fraction of sp³-hybridized carbons (Fsp3) is 0.300. The van der Waals surface area contributed by atoms with Gasteiger partial charge in [-0.25, -0.2) is 0 Å². The highest BCUT2D eigenvalue weighted by Crippen LogP contribution is 2.30. The van der Waals surface area contributed by atoms with Crippen LogP contribution in [0, 0.1) is 6.92 Å². The lowest BCUT2D eigenvalue weighted by atomic mass is 10.0. The first-order valence-electron chi connectivity index (χ1n) is 4.13. The number of rotatable bonds is 2. The molecule has 1 aromatic carbocycles. The zero-order chi connectivity index (χ0) is 11.6. The first kappa shape index (κ1) is 12.2. The van der Waals surface area contributed by atoms with Gasteiger partial charge in [0.2, 0.25) is 0 Å². The van der Waals surface area contributed by atoms with Crippen LogP contribution < -0.4 is 0 Å². The van der Waals surface area contributed by atoms with Crippen LogP contribution in [0.15, 0.2) is 18.2 Å². The molecule has 0 saturated heterocycles. The third-order valence-electron chi connectivity index (χ3n) is 1.98. The molecule has 0 amide bonds. The second kappa shape index (κ2) is 4.35. The summed E-state index contributed by atoms with van der Waals surface area (Å²) in [6.07, 6.45) is -4.36. The highest BCUT2D eigenvalue weighted by molar-refractivity contribution is 9.09. The fourth-order valence-corrected chi connectivity index (χ4v) is 1.53. The molecule has 0 fully saturated rings. The molecular weight excluding hydrogens is 273 g/mol. The maximum Gasteiger partial charge on any atom is 0.416 e. The summed E-state index contributed by atoms with van der Waals surface area (Å²) in [4.78, 5) is 11.3. The van der Waals surface area contributed by atoms with E-state index in [0.29, 0.717) is 11.1 Å². The summed E-state index contributed by atoms with van der Waals surface area (Å²) in [6, 6.07) is 3.11. The predicted molar refractivity (Wildman–Crippen MR) is 54.3 cm³/mol. The zero-order valence-electron chi connectivity index (χ0n) is 7.86. The average molecular weight is 281 g/mol. The second-order valence-electron chi connectivity index (χ2n) is 3.08. The average Bonchev–Trinajstić information content (AvgIpc) is 2.15. The first-order chi connectivity index (χ1) is 6.86. The van der Waals surface area contributed by atoms with Crippen molar-refractivity contribution < 1.29 is 18.0 Å². The van der Waals surface area contributed by atoms with E-state index in [-0.39, 0.29) is 11.1 Å². The molecule has 0 saturated carbocycles. The van der Waals surface area contributed by atoms with E-state index >= 15 is 0 Å². The van der Waals surface area contributed by atoms with Crippen LogP contribution in [-0.2, 0) is 6.18 Å². The molecule has 0 unspecified atom stereocenters. The number of alkyl halides is 4. The van der Waals surface area contributed by atoms with Gasteiger partial charge in [-0.1, -0.05) is 22.0 Å². The third kappa shape index (κ3) is 2.81. The molecule has 0 aliphatic heterocycles. The molecule has 0 atom stereocenters. The number of carbonyl (C=O) groups is 1. The summed E-state index contributed by atoms with van der Waals surface area (Å²) < 4.78 is 36.9. The Balaban J connectivity index is 3.15. The minimum absolute atomic E-state index is 0.110. The van der Waals surface area contributed by atoms with E-state index in [4.69, 9.17) is 0 Å². The third-order valence-corrected chi connectivity index (χ3v) is 2.48. The van der Waals surface area contributed by atoms with Gasteiger partial charge in [0.05, 0.1) is 10.9 Å². The number of hydrogen-bond donors (Lipinski definition) is 0. The first-order valence-corrected chi connectivity index (χ1v) is 5.25. The van der Waals surface area contributed by atoms with Crippen molar-refractivity contribution in [1.29, 1.82) is 0 Å². The quantitative estimate of drug-likeness (QED) is 0.598. The normalized spacial score (nSPS) is 11.5. The molecule has 0 spiro atoms. The van der Waals surface area contributed by atoms with E-state index < -0.39 is 11.7 Å². The van der Waals surface area contributed by atoms with Crippen LogP contribution in [0.25, 0.3) is 0 Å². The van der Waals surface area contributed by atoms with E-state index in [2.05, 4.69) is 15.9 Å². The number of carbonyl (C=O) groups excluding carboxylic acids is 1. The largest absolute Gasteiger partial charge is 0.416 e. The number of benzene rings is 1. The minimum Gasteiger partial charge on any atom is -0.293 e. The topological polar surface area (TPSA) is 17.1 Å². The van der Waals surface area contributed by atoms with Crippen LogP contribution in [0.1, 0.15) is 21.5 Å². The lowest BCUT2D eigenvalue weighted by Crippen LogP contribution is -2.08. The van der Waals surface area contributed by atoms with Crippen LogP contribution in [0.4, 0.5) is 13.2 Å². The highest BCUT2D eigenvalue weighted by atomic mass is 79.9. The van der Waals surface area contributed by atoms with Crippen molar-refractivity contribution in [3.63, 3.8) is 0 Å². The maximum absolute atomic E-state index is 12.3. The Morgan fingerprint density at radius 2 is 2.00 bits per heavy atom. The Morgan fingerprint density at radius 3 is 2.40 bits per heavy atom. The van der Waals surface area contributed by atoms with E-state index in [9.17, 15) is 18.0 Å². The van der Waals surface area contributed by atoms with Gasteiger partial charge >= 0.3 is 6.18 Å². The van der Waals surface area contributed by atoms with Crippen molar-refractivity contribution in [3.8, 4) is 0 Å². The van der Waals surface area contributed by atoms with Crippen LogP contribution in [-0.4, -0.2) is 11.1 Å². The maximum atomic E-state index is 12.3. The van der Waals surface area contributed by atoms with E-state index in [1.54, 1.807) is 0 Å². The van der Waals surface area contributed by atoms with Crippen LogP contribution in [0.5, 0.6) is 0 Å². The molecule has 1 aromatic rings. The van der Waals surface area contributed by atoms with E-state index in [1.165, 1.54) is 13.0 Å². The van der Waals surface area contributed by atoms with Gasteiger partial charge in [0.1, 0.15) is 0 Å². The molecule has 0 aliphatic carbocycles. The monoisotopic (exact) mass is 280 g/mol. The van der Waals surface area contributed by atoms with Gasteiger partial charge in [-0.05, 0) is 24.6 Å². The van der Waals surface area contributed by atoms with Gasteiger partial charge in [-0.2, -0.15) is 13.2 Å². The van der Waals surface area contributed by atoms with E-state index in [1.807, 2.05) is 0 Å². The molecule has 5 heteroatoms. The summed E-state index contributed by atoms with van der Waals surface area (Å²) in [5.74, 6) is -0.221. The van der Waals surface area contributed by atoms with E-state index in [0.717, 1.165) is 12.1 Å². The predicted octanol–water partition coefficient (Wildman–Crippen LogP) is 3.59. The van der Waals surface area contributed by atoms with Crippen molar-refractivity contribution >= 4 is 21.7 Å². The van der Waals surface area contributed by atoms with Crippen molar-refractivity contribution in [2.75, 3.05) is 5.33 Å². The number of halogens is 4. The van der Waals surface area contributed by atoms with Crippen LogP contribution >= 0.6 is 15.9 Å². The molecule has 0 radical (unpaired) electrons. The molecule has 0 aromatic heterocycles. The lowest BCUT2D eigenvalue weighted by molar-refractivity contribution is -0.137. The van der Waals surface area contributed by atoms with Crippen molar-refractivity contribution in [3.05, 3.63) is 34.9 Å². The Kier molecular flexibility index (Phi) is 3.54. The van der Waals surface area contributed by atoms with Gasteiger partial charge in [-0.3, -0.25) is 4.79 Å². The fourth-order valence-electron chi connectivity index (χ4n) is 1.22. The second-order valence-corrected chi connectivity index (χ2v) is 3.65. The Labute approximate surface area is 93.4 Å². The summed E-state index contributed by atoms with van der Waals surface area (Å²) in [7, 11) is 0. The summed E-state index contributed by atoms with van der Waals surface area (Å²) in [5, 5.41) is 0.110. The number of aryl methyl sites for hydroxylation is 1. The summed E-state index contributed by atoms with van der Waals surface area (Å²) >= 11 is 2.97. The SMILES string of the molecule is Cc1cc(C(F)(F)F)ccc1C(=O)CBr. The molecule has 1 nitrogen and oxygen atoms in total. The molecule has 0 bridgehead atoms. The Hall–Kier alpha value is -0.840. The standard InChI is InChI=1S/C10H8BrF3O/c1-6-4-7(10(12,13)14)2-3-8(6)9(15)5-11/h2-4H,5H2,1H3. The molecule has 0 aliphatic rings. The van der Waals surface area contributed by atoms with Gasteiger partial charge in [0.25, 0.3) is 0 Å². The van der Waals surface area contributed by atoms with Crippen molar-refractivity contribution in [2.24, 2.45) is 0 Å². The number of Topliss-reactive ketones (excluding diaryl/α,β-unsaturated/α-hetero) is 1. The molecule has 1 rings (SSSR count). The minimum atomic E-state index is -4.36. The van der Waals surface area contributed by atoms with Gasteiger partial charge < -0.3 is 0 Å². The zero-order valence-corrected chi connectivity index (χ0v) is 9.45. The van der Waals surface area contributed by atoms with Gasteiger partial charge in [-0.15, -0.1) is 0 Å².